The molecule has 1 aromatic rings. The molecule has 126 valence electrons. The number of hydrogen-bond donors (Lipinski definition) is 1. The molecule has 1 spiro atoms. The fourth-order valence-corrected chi connectivity index (χ4v) is 3.37. The molecule has 0 saturated carbocycles. The summed E-state index contributed by atoms with van der Waals surface area (Å²) < 4.78 is 5.48. The van der Waals surface area contributed by atoms with Crippen LogP contribution in [0.3, 0.4) is 0 Å². The number of benzene rings is 1. The molecule has 23 heavy (non-hydrogen) atoms. The van der Waals surface area contributed by atoms with Crippen molar-refractivity contribution in [3.8, 4) is 0 Å². The van der Waals surface area contributed by atoms with E-state index in [2.05, 4.69) is 34.5 Å². The summed E-state index contributed by atoms with van der Waals surface area (Å²) in [5.74, 6) is 0. The van der Waals surface area contributed by atoms with Gasteiger partial charge in [0.25, 0.3) is 0 Å². The summed E-state index contributed by atoms with van der Waals surface area (Å²) in [6.07, 6.45) is -0.201. The molecule has 0 radical (unpaired) electrons. The minimum atomic E-state index is -0.436. The third kappa shape index (κ3) is 3.67. The molecule has 2 aliphatic heterocycles. The molecule has 3 rings (SSSR count). The Morgan fingerprint density at radius 3 is 2.61 bits per heavy atom. The normalized spacial score (nSPS) is 21.1. The second kappa shape index (κ2) is 6.13. The molecule has 1 aromatic carbocycles. The lowest BCUT2D eigenvalue weighted by Crippen LogP contribution is -2.77. The zero-order valence-electron chi connectivity index (χ0n) is 14.3. The van der Waals surface area contributed by atoms with E-state index in [-0.39, 0.29) is 11.6 Å². The molecule has 2 aliphatic rings. The molecule has 0 aromatic heterocycles. The largest absolute Gasteiger partial charge is 0.444 e. The fourth-order valence-electron chi connectivity index (χ4n) is 3.37. The summed E-state index contributed by atoms with van der Waals surface area (Å²) in [4.78, 5) is 16.5. The number of nitrogens with zero attached hydrogens (tertiary/aromatic N) is 2. The van der Waals surface area contributed by atoms with E-state index in [1.54, 1.807) is 0 Å². The summed E-state index contributed by atoms with van der Waals surface area (Å²) in [6.45, 7) is 11.1. The van der Waals surface area contributed by atoms with Crippen LogP contribution in [0.5, 0.6) is 0 Å². The zero-order valence-corrected chi connectivity index (χ0v) is 14.3. The predicted molar refractivity (Wildman–Crippen MR) is 90.3 cm³/mol. The number of ether oxygens (including phenoxy) is 1. The van der Waals surface area contributed by atoms with Crippen molar-refractivity contribution in [1.29, 1.82) is 0 Å². The van der Waals surface area contributed by atoms with Crippen LogP contribution in [0.2, 0.25) is 0 Å². The fraction of sp³-hybridized carbons (Fsp3) is 0.611. The van der Waals surface area contributed by atoms with Crippen molar-refractivity contribution in [3.63, 3.8) is 0 Å². The molecular formula is C18H27N3O2. The van der Waals surface area contributed by atoms with Crippen molar-refractivity contribution in [3.05, 3.63) is 35.9 Å². The average Bonchev–Trinajstić information content (AvgIpc) is 2.45. The SMILES string of the molecule is CC(C)(C)OC(=O)N1CC2(CNCCN2Cc2ccccc2)C1. The van der Waals surface area contributed by atoms with Crippen molar-refractivity contribution in [2.75, 3.05) is 32.7 Å². The Kier molecular flexibility index (Phi) is 4.34. The topological polar surface area (TPSA) is 44.8 Å². The highest BCUT2D eigenvalue weighted by atomic mass is 16.6. The Labute approximate surface area is 138 Å². The van der Waals surface area contributed by atoms with Gasteiger partial charge in [0.05, 0.1) is 5.54 Å². The van der Waals surface area contributed by atoms with Crippen LogP contribution in [0, 0.1) is 0 Å². The first-order chi connectivity index (χ1) is 10.9. The molecule has 0 unspecified atom stereocenters. The molecule has 2 saturated heterocycles. The molecule has 0 atom stereocenters. The van der Waals surface area contributed by atoms with E-state index >= 15 is 0 Å². The maximum atomic E-state index is 12.2. The number of piperazine rings is 1. The number of carbonyl (C=O) groups excluding carboxylic acids is 1. The van der Waals surface area contributed by atoms with Crippen LogP contribution in [0.4, 0.5) is 4.79 Å². The Bertz CT molecular complexity index is 547. The number of nitrogens with one attached hydrogen (secondary N) is 1. The maximum Gasteiger partial charge on any atom is 0.410 e. The van der Waals surface area contributed by atoms with Crippen LogP contribution in [0.15, 0.2) is 30.3 Å². The number of likely N-dealkylation sites (tertiary alicyclic amines) is 1. The number of carbonyl (C=O) groups is 1. The first-order valence-corrected chi connectivity index (χ1v) is 8.36. The molecular weight excluding hydrogens is 290 g/mol. The van der Waals surface area contributed by atoms with Gasteiger partial charge in [0, 0.05) is 39.3 Å². The van der Waals surface area contributed by atoms with Crippen LogP contribution >= 0.6 is 0 Å². The van der Waals surface area contributed by atoms with Gasteiger partial charge >= 0.3 is 6.09 Å². The summed E-state index contributed by atoms with van der Waals surface area (Å²) in [5, 5.41) is 3.48. The molecule has 0 bridgehead atoms. The van der Waals surface area contributed by atoms with E-state index in [0.29, 0.717) is 0 Å². The number of rotatable bonds is 2. The zero-order chi connectivity index (χ0) is 16.5. The molecule has 0 aliphatic carbocycles. The van der Waals surface area contributed by atoms with E-state index < -0.39 is 5.60 Å². The summed E-state index contributed by atoms with van der Waals surface area (Å²) >= 11 is 0. The highest BCUT2D eigenvalue weighted by Crippen LogP contribution is 2.31. The molecule has 1 amide bonds. The number of hydrogen-bond acceptors (Lipinski definition) is 4. The van der Waals surface area contributed by atoms with Gasteiger partial charge in [0.1, 0.15) is 5.60 Å². The second-order valence-electron chi connectivity index (χ2n) is 7.64. The third-order valence-electron chi connectivity index (χ3n) is 4.52. The minimum Gasteiger partial charge on any atom is -0.444 e. The van der Waals surface area contributed by atoms with Gasteiger partial charge < -0.3 is 15.0 Å². The Morgan fingerprint density at radius 1 is 1.26 bits per heavy atom. The Morgan fingerprint density at radius 2 is 1.96 bits per heavy atom. The lowest BCUT2D eigenvalue weighted by molar-refractivity contribution is -0.0772. The maximum absolute atomic E-state index is 12.2. The van der Waals surface area contributed by atoms with Gasteiger partial charge in [-0.2, -0.15) is 0 Å². The summed E-state index contributed by atoms with van der Waals surface area (Å²) in [5.41, 5.74) is 0.934. The van der Waals surface area contributed by atoms with Gasteiger partial charge in [-0.1, -0.05) is 30.3 Å². The van der Waals surface area contributed by atoms with E-state index in [0.717, 1.165) is 39.3 Å². The molecule has 1 N–H and O–H groups in total. The average molecular weight is 317 g/mol. The summed E-state index contributed by atoms with van der Waals surface area (Å²) in [6, 6.07) is 10.5. The van der Waals surface area contributed by atoms with Gasteiger partial charge in [0.2, 0.25) is 0 Å². The van der Waals surface area contributed by atoms with E-state index in [1.807, 2.05) is 31.7 Å². The molecule has 5 nitrogen and oxygen atoms in total. The Balaban J connectivity index is 1.63. The second-order valence-corrected chi connectivity index (χ2v) is 7.64. The lowest BCUT2D eigenvalue weighted by atomic mass is 9.85. The standard InChI is InChI=1S/C18H27N3O2/c1-17(2,3)23-16(22)20-13-18(14-20)12-19-9-10-21(18)11-15-7-5-4-6-8-15/h4-8,19H,9-14H2,1-3H3. The van der Waals surface area contributed by atoms with Crippen LogP contribution < -0.4 is 5.32 Å². The van der Waals surface area contributed by atoms with Crippen LogP contribution in [-0.4, -0.2) is 59.8 Å². The van der Waals surface area contributed by atoms with Crippen LogP contribution in [0.1, 0.15) is 26.3 Å². The van der Waals surface area contributed by atoms with Gasteiger partial charge in [-0.3, -0.25) is 4.90 Å². The monoisotopic (exact) mass is 317 g/mol. The van der Waals surface area contributed by atoms with Crippen molar-refractivity contribution < 1.29 is 9.53 Å². The predicted octanol–water partition coefficient (Wildman–Crippen LogP) is 2.08. The highest BCUT2D eigenvalue weighted by molar-refractivity contribution is 5.70. The third-order valence-corrected chi connectivity index (χ3v) is 4.52. The Hall–Kier alpha value is -1.59. The smallest absolute Gasteiger partial charge is 0.410 e. The van der Waals surface area contributed by atoms with E-state index in [4.69, 9.17) is 4.74 Å². The van der Waals surface area contributed by atoms with Gasteiger partial charge in [0.15, 0.2) is 0 Å². The first kappa shape index (κ1) is 16.3. The van der Waals surface area contributed by atoms with Gasteiger partial charge in [-0.05, 0) is 26.3 Å². The van der Waals surface area contributed by atoms with Gasteiger partial charge in [-0.15, -0.1) is 0 Å². The molecule has 5 heteroatoms. The highest BCUT2D eigenvalue weighted by Gasteiger charge is 2.51. The van der Waals surface area contributed by atoms with Crippen molar-refractivity contribution in [1.82, 2.24) is 15.1 Å². The molecule has 2 heterocycles. The lowest BCUT2D eigenvalue weighted by Gasteiger charge is -2.57. The van der Waals surface area contributed by atoms with Crippen LogP contribution in [0.25, 0.3) is 0 Å². The van der Waals surface area contributed by atoms with Crippen molar-refractivity contribution >= 4 is 6.09 Å². The summed E-state index contributed by atoms with van der Waals surface area (Å²) in [7, 11) is 0. The van der Waals surface area contributed by atoms with Gasteiger partial charge in [-0.25, -0.2) is 4.79 Å². The van der Waals surface area contributed by atoms with E-state index in [1.165, 1.54) is 5.56 Å². The van der Waals surface area contributed by atoms with Crippen LogP contribution in [-0.2, 0) is 11.3 Å². The van der Waals surface area contributed by atoms with Crippen molar-refractivity contribution in [2.45, 2.75) is 38.5 Å². The number of amides is 1. The minimum absolute atomic E-state index is 0.0466. The quantitative estimate of drug-likeness (QED) is 0.907. The van der Waals surface area contributed by atoms with E-state index in [9.17, 15) is 4.79 Å². The van der Waals surface area contributed by atoms with Crippen molar-refractivity contribution in [2.24, 2.45) is 0 Å². The first-order valence-electron chi connectivity index (χ1n) is 8.36. The molecule has 2 fully saturated rings.